The summed E-state index contributed by atoms with van der Waals surface area (Å²) < 4.78 is 5.23. The zero-order valence-electron chi connectivity index (χ0n) is 11.1. The van der Waals surface area contributed by atoms with E-state index >= 15 is 0 Å². The second-order valence-electron chi connectivity index (χ2n) is 4.45. The topological polar surface area (TPSA) is 42.2 Å². The van der Waals surface area contributed by atoms with Gasteiger partial charge in [-0.15, -0.1) is 0 Å². The molecule has 2 aromatic rings. The van der Waals surface area contributed by atoms with Crippen molar-refractivity contribution in [2.75, 3.05) is 7.05 Å². The molecule has 0 fully saturated rings. The third-order valence-electron chi connectivity index (χ3n) is 3.03. The Morgan fingerprint density at radius 1 is 1.39 bits per heavy atom. The molecule has 0 saturated carbocycles. The highest BCUT2D eigenvalue weighted by atomic mass is 16.3. The number of pyridine rings is 1. The molecule has 0 N–H and O–H groups in total. The molecular formula is C14H19N3O. The highest BCUT2D eigenvalue weighted by Gasteiger charge is 2.17. The first-order chi connectivity index (χ1) is 8.70. The van der Waals surface area contributed by atoms with E-state index in [9.17, 15) is 0 Å². The first-order valence-corrected chi connectivity index (χ1v) is 6.23. The summed E-state index contributed by atoms with van der Waals surface area (Å²) in [6.45, 7) is 4.80. The van der Waals surface area contributed by atoms with Crippen molar-refractivity contribution in [3.63, 3.8) is 0 Å². The first kappa shape index (κ1) is 12.8. The van der Waals surface area contributed by atoms with Crippen LogP contribution in [0.5, 0.6) is 0 Å². The molecule has 0 aliphatic rings. The van der Waals surface area contributed by atoms with Crippen LogP contribution in [0.1, 0.15) is 36.7 Å². The van der Waals surface area contributed by atoms with Crippen molar-refractivity contribution < 1.29 is 4.42 Å². The first-order valence-electron chi connectivity index (χ1n) is 6.23. The predicted octanol–water partition coefficient (Wildman–Crippen LogP) is 2.96. The van der Waals surface area contributed by atoms with Crippen molar-refractivity contribution in [2.24, 2.45) is 0 Å². The highest BCUT2D eigenvalue weighted by Crippen LogP contribution is 2.22. The fourth-order valence-electron chi connectivity index (χ4n) is 2.17. The molecule has 0 bridgehead atoms. The van der Waals surface area contributed by atoms with Gasteiger partial charge in [-0.05, 0) is 25.6 Å². The van der Waals surface area contributed by atoms with Crippen molar-refractivity contribution in [3.05, 3.63) is 47.9 Å². The standard InChI is InChI=1S/C14H19N3O/c1-4-14(13-7-5-6-8-15-13)17(3)9-12-10-18-11(2)16-12/h5-8,10,14H,4,9H2,1-3H3. The van der Waals surface area contributed by atoms with Crippen LogP contribution in [-0.4, -0.2) is 21.9 Å². The predicted molar refractivity (Wildman–Crippen MR) is 70.0 cm³/mol. The Kier molecular flexibility index (Phi) is 4.10. The molecule has 1 unspecified atom stereocenters. The maximum absolute atomic E-state index is 5.23. The van der Waals surface area contributed by atoms with Crippen LogP contribution < -0.4 is 0 Å². The van der Waals surface area contributed by atoms with Crippen LogP contribution in [-0.2, 0) is 6.54 Å². The smallest absolute Gasteiger partial charge is 0.191 e. The van der Waals surface area contributed by atoms with Gasteiger partial charge in [0, 0.05) is 19.7 Å². The van der Waals surface area contributed by atoms with E-state index in [0.29, 0.717) is 11.9 Å². The van der Waals surface area contributed by atoms with Crippen molar-refractivity contribution in [1.29, 1.82) is 0 Å². The largest absolute Gasteiger partial charge is 0.449 e. The van der Waals surface area contributed by atoms with E-state index in [4.69, 9.17) is 4.42 Å². The molecular weight excluding hydrogens is 226 g/mol. The Morgan fingerprint density at radius 2 is 2.22 bits per heavy atom. The molecule has 96 valence electrons. The minimum absolute atomic E-state index is 0.309. The molecule has 2 heterocycles. The lowest BCUT2D eigenvalue weighted by molar-refractivity contribution is 0.223. The molecule has 1 atom stereocenters. The van der Waals surface area contributed by atoms with E-state index in [1.807, 2.05) is 25.3 Å². The fourth-order valence-corrected chi connectivity index (χ4v) is 2.17. The average molecular weight is 245 g/mol. The Bertz CT molecular complexity index is 481. The van der Waals surface area contributed by atoms with Crippen LogP contribution >= 0.6 is 0 Å². The second-order valence-corrected chi connectivity index (χ2v) is 4.45. The summed E-state index contributed by atoms with van der Waals surface area (Å²) in [5.41, 5.74) is 2.06. The summed E-state index contributed by atoms with van der Waals surface area (Å²) >= 11 is 0. The summed E-state index contributed by atoms with van der Waals surface area (Å²) in [6, 6.07) is 6.35. The van der Waals surface area contributed by atoms with E-state index in [1.54, 1.807) is 6.26 Å². The van der Waals surface area contributed by atoms with Crippen LogP contribution in [0, 0.1) is 6.92 Å². The quantitative estimate of drug-likeness (QED) is 0.812. The van der Waals surface area contributed by atoms with Gasteiger partial charge >= 0.3 is 0 Å². The van der Waals surface area contributed by atoms with E-state index in [2.05, 4.69) is 34.9 Å². The van der Waals surface area contributed by atoms with Crippen LogP contribution in [0.2, 0.25) is 0 Å². The van der Waals surface area contributed by atoms with Gasteiger partial charge in [-0.2, -0.15) is 0 Å². The van der Waals surface area contributed by atoms with Gasteiger partial charge in [0.2, 0.25) is 0 Å². The van der Waals surface area contributed by atoms with E-state index in [-0.39, 0.29) is 0 Å². The molecule has 0 spiro atoms. The van der Waals surface area contributed by atoms with Crippen molar-refractivity contribution >= 4 is 0 Å². The van der Waals surface area contributed by atoms with Crippen molar-refractivity contribution in [1.82, 2.24) is 14.9 Å². The lowest BCUT2D eigenvalue weighted by Crippen LogP contribution is -2.24. The molecule has 0 aliphatic heterocycles. The number of hydrogen-bond donors (Lipinski definition) is 0. The molecule has 0 aliphatic carbocycles. The molecule has 4 nitrogen and oxygen atoms in total. The lowest BCUT2D eigenvalue weighted by atomic mass is 10.1. The van der Waals surface area contributed by atoms with Gasteiger partial charge < -0.3 is 4.42 Å². The van der Waals surface area contributed by atoms with Crippen LogP contribution in [0.25, 0.3) is 0 Å². The molecule has 0 amide bonds. The third kappa shape index (κ3) is 2.96. The van der Waals surface area contributed by atoms with E-state index in [1.165, 1.54) is 0 Å². The minimum Gasteiger partial charge on any atom is -0.449 e. The molecule has 18 heavy (non-hydrogen) atoms. The summed E-state index contributed by atoms with van der Waals surface area (Å²) in [7, 11) is 2.09. The normalized spacial score (nSPS) is 12.9. The number of rotatable bonds is 5. The van der Waals surface area contributed by atoms with Gasteiger partial charge in [0.25, 0.3) is 0 Å². The second kappa shape index (κ2) is 5.78. The molecule has 0 saturated heterocycles. The molecule has 0 radical (unpaired) electrons. The Balaban J connectivity index is 2.08. The fraction of sp³-hybridized carbons (Fsp3) is 0.429. The monoisotopic (exact) mass is 245 g/mol. The number of oxazole rings is 1. The SMILES string of the molecule is CCC(c1ccccn1)N(C)Cc1coc(C)n1. The van der Waals surface area contributed by atoms with Gasteiger partial charge in [-0.3, -0.25) is 9.88 Å². The third-order valence-corrected chi connectivity index (χ3v) is 3.03. The maximum Gasteiger partial charge on any atom is 0.191 e. The Morgan fingerprint density at radius 3 is 2.78 bits per heavy atom. The number of nitrogens with zero attached hydrogens (tertiary/aromatic N) is 3. The summed E-state index contributed by atoms with van der Waals surface area (Å²) in [6.07, 6.45) is 4.58. The summed E-state index contributed by atoms with van der Waals surface area (Å²) in [5.74, 6) is 0.712. The maximum atomic E-state index is 5.23. The zero-order chi connectivity index (χ0) is 13.0. The van der Waals surface area contributed by atoms with Gasteiger partial charge in [0.15, 0.2) is 5.89 Å². The summed E-state index contributed by atoms with van der Waals surface area (Å²) in [5, 5.41) is 0. The Hall–Kier alpha value is -1.68. The zero-order valence-corrected chi connectivity index (χ0v) is 11.1. The Labute approximate surface area is 108 Å². The van der Waals surface area contributed by atoms with Crippen molar-refractivity contribution in [3.8, 4) is 0 Å². The van der Waals surface area contributed by atoms with E-state index < -0.39 is 0 Å². The van der Waals surface area contributed by atoms with Crippen LogP contribution in [0.15, 0.2) is 35.1 Å². The summed E-state index contributed by atoms with van der Waals surface area (Å²) in [4.78, 5) is 11.0. The van der Waals surface area contributed by atoms with Crippen LogP contribution in [0.4, 0.5) is 0 Å². The van der Waals surface area contributed by atoms with E-state index in [0.717, 1.165) is 24.4 Å². The van der Waals surface area contributed by atoms with Gasteiger partial charge in [-0.25, -0.2) is 4.98 Å². The minimum atomic E-state index is 0.309. The van der Waals surface area contributed by atoms with Gasteiger partial charge in [0.1, 0.15) is 6.26 Å². The highest BCUT2D eigenvalue weighted by molar-refractivity contribution is 5.09. The number of aryl methyl sites for hydroxylation is 1. The molecule has 2 rings (SSSR count). The van der Waals surface area contributed by atoms with Crippen molar-refractivity contribution in [2.45, 2.75) is 32.9 Å². The van der Waals surface area contributed by atoms with Crippen LogP contribution in [0.3, 0.4) is 0 Å². The lowest BCUT2D eigenvalue weighted by Gasteiger charge is -2.25. The molecule has 4 heteroatoms. The molecule has 0 aromatic carbocycles. The molecule has 2 aromatic heterocycles. The number of aromatic nitrogens is 2. The number of hydrogen-bond acceptors (Lipinski definition) is 4. The van der Waals surface area contributed by atoms with Gasteiger partial charge in [0.05, 0.1) is 17.4 Å². The average Bonchev–Trinajstić information content (AvgIpc) is 2.77. The van der Waals surface area contributed by atoms with Gasteiger partial charge in [-0.1, -0.05) is 13.0 Å².